The van der Waals surface area contributed by atoms with Gasteiger partial charge in [-0.25, -0.2) is 0 Å². The van der Waals surface area contributed by atoms with E-state index >= 15 is 0 Å². The Hall–Kier alpha value is -2.89. The van der Waals surface area contributed by atoms with Crippen molar-refractivity contribution in [3.05, 3.63) is 64.9 Å². The van der Waals surface area contributed by atoms with Gasteiger partial charge in [-0.1, -0.05) is 5.16 Å². The minimum absolute atomic E-state index is 0.0730. The van der Waals surface area contributed by atoms with Crippen LogP contribution in [-0.4, -0.2) is 31.6 Å². The lowest BCUT2D eigenvalue weighted by atomic mass is 10.2. The molecule has 0 aliphatic heterocycles. The summed E-state index contributed by atoms with van der Waals surface area (Å²) in [5.74, 6) is 1.53. The van der Waals surface area contributed by atoms with Crippen LogP contribution in [0.1, 0.15) is 45.9 Å². The minimum atomic E-state index is 0.0730. The van der Waals surface area contributed by atoms with Crippen LogP contribution in [0, 0.1) is 20.8 Å². The van der Waals surface area contributed by atoms with Crippen molar-refractivity contribution in [1.82, 2.24) is 19.6 Å². The Labute approximate surface area is 152 Å². The molecule has 1 aliphatic carbocycles. The third-order valence-corrected chi connectivity index (χ3v) is 4.86. The van der Waals surface area contributed by atoms with Crippen LogP contribution in [0.15, 0.2) is 41.2 Å². The predicted octanol–water partition coefficient (Wildman–Crippen LogP) is 3.59. The van der Waals surface area contributed by atoms with Crippen LogP contribution in [0.2, 0.25) is 0 Å². The molecule has 0 atom stereocenters. The van der Waals surface area contributed by atoms with E-state index in [1.807, 2.05) is 54.5 Å². The number of amides is 1. The Bertz CT molecular complexity index is 938. The van der Waals surface area contributed by atoms with E-state index < -0.39 is 0 Å². The standard InChI is InChI=1S/C20H22N4O2/c1-13-10-18(15(3)24(13)19-11-14(2)26-22-19)20(25)23(17-4-5-17)12-16-6-8-21-9-7-16/h6-11,17H,4-5,12H2,1-3H3. The lowest BCUT2D eigenvalue weighted by Crippen LogP contribution is -2.32. The lowest BCUT2D eigenvalue weighted by molar-refractivity contribution is 0.0729. The number of aryl methyl sites for hydroxylation is 2. The van der Waals surface area contributed by atoms with Crippen LogP contribution in [0.5, 0.6) is 0 Å². The van der Waals surface area contributed by atoms with Gasteiger partial charge in [0.15, 0.2) is 5.82 Å². The molecule has 1 amide bonds. The molecule has 6 nitrogen and oxygen atoms in total. The van der Waals surface area contributed by atoms with Gasteiger partial charge in [0, 0.05) is 42.4 Å². The minimum Gasteiger partial charge on any atom is -0.360 e. The first-order valence-corrected chi connectivity index (χ1v) is 8.87. The number of hydrogen-bond acceptors (Lipinski definition) is 4. The van der Waals surface area contributed by atoms with E-state index in [0.717, 1.165) is 41.1 Å². The van der Waals surface area contributed by atoms with E-state index in [1.54, 1.807) is 12.4 Å². The molecule has 134 valence electrons. The fraction of sp³-hybridized carbons (Fsp3) is 0.350. The first kappa shape index (κ1) is 16.6. The normalized spacial score (nSPS) is 13.8. The number of carbonyl (C=O) groups is 1. The maximum atomic E-state index is 13.3. The second-order valence-electron chi connectivity index (χ2n) is 6.94. The van der Waals surface area contributed by atoms with Crippen LogP contribution >= 0.6 is 0 Å². The van der Waals surface area contributed by atoms with Gasteiger partial charge in [-0.2, -0.15) is 0 Å². The van der Waals surface area contributed by atoms with Crippen LogP contribution < -0.4 is 0 Å². The van der Waals surface area contributed by atoms with Gasteiger partial charge in [-0.15, -0.1) is 0 Å². The van der Waals surface area contributed by atoms with E-state index in [0.29, 0.717) is 18.4 Å². The molecule has 0 N–H and O–H groups in total. The molecular formula is C20H22N4O2. The highest BCUT2D eigenvalue weighted by Gasteiger charge is 2.34. The Morgan fingerprint density at radius 1 is 1.23 bits per heavy atom. The van der Waals surface area contributed by atoms with Gasteiger partial charge in [-0.3, -0.25) is 14.3 Å². The predicted molar refractivity (Wildman–Crippen MR) is 97.2 cm³/mol. The number of nitrogens with zero attached hydrogens (tertiary/aromatic N) is 4. The Kier molecular flexibility index (Phi) is 4.11. The molecule has 1 saturated carbocycles. The first-order chi connectivity index (χ1) is 12.5. The van der Waals surface area contributed by atoms with Gasteiger partial charge < -0.3 is 9.42 Å². The van der Waals surface area contributed by atoms with Gasteiger partial charge >= 0.3 is 0 Å². The summed E-state index contributed by atoms with van der Waals surface area (Å²) in [5, 5.41) is 4.10. The molecule has 6 heteroatoms. The fourth-order valence-electron chi connectivity index (χ4n) is 3.38. The summed E-state index contributed by atoms with van der Waals surface area (Å²) in [5.41, 5.74) is 3.69. The van der Waals surface area contributed by atoms with Crippen LogP contribution in [-0.2, 0) is 6.54 Å². The Balaban J connectivity index is 1.66. The molecule has 0 spiro atoms. The summed E-state index contributed by atoms with van der Waals surface area (Å²) in [7, 11) is 0. The molecule has 1 fully saturated rings. The summed E-state index contributed by atoms with van der Waals surface area (Å²) in [6.45, 7) is 6.42. The maximum absolute atomic E-state index is 13.3. The van der Waals surface area contributed by atoms with Gasteiger partial charge in [0.1, 0.15) is 5.76 Å². The highest BCUT2D eigenvalue weighted by Crippen LogP contribution is 2.31. The summed E-state index contributed by atoms with van der Waals surface area (Å²) >= 11 is 0. The smallest absolute Gasteiger partial charge is 0.256 e. The number of aromatic nitrogens is 3. The van der Waals surface area contributed by atoms with Crippen molar-refractivity contribution in [1.29, 1.82) is 0 Å². The summed E-state index contributed by atoms with van der Waals surface area (Å²) in [4.78, 5) is 19.3. The molecule has 0 aromatic carbocycles. The van der Waals surface area contributed by atoms with Gasteiger partial charge in [0.25, 0.3) is 5.91 Å². The quantitative estimate of drug-likeness (QED) is 0.705. The maximum Gasteiger partial charge on any atom is 0.256 e. The van der Waals surface area contributed by atoms with Crippen molar-refractivity contribution >= 4 is 5.91 Å². The topological polar surface area (TPSA) is 64.2 Å². The molecule has 0 saturated heterocycles. The largest absolute Gasteiger partial charge is 0.360 e. The van der Waals surface area contributed by atoms with Crippen LogP contribution in [0.4, 0.5) is 0 Å². The van der Waals surface area contributed by atoms with Crippen molar-refractivity contribution in [2.75, 3.05) is 0 Å². The summed E-state index contributed by atoms with van der Waals surface area (Å²) in [6, 6.07) is 8.08. The molecular weight excluding hydrogens is 328 g/mol. The second-order valence-corrected chi connectivity index (χ2v) is 6.94. The van der Waals surface area contributed by atoms with Gasteiger partial charge in [0.05, 0.1) is 5.56 Å². The molecule has 0 unspecified atom stereocenters. The molecule has 0 bridgehead atoms. The van der Waals surface area contributed by atoms with Crippen molar-refractivity contribution < 1.29 is 9.32 Å². The Morgan fingerprint density at radius 3 is 2.58 bits per heavy atom. The van der Waals surface area contributed by atoms with E-state index in [1.165, 1.54) is 0 Å². The summed E-state index contributed by atoms with van der Waals surface area (Å²) in [6.07, 6.45) is 5.67. The fourth-order valence-corrected chi connectivity index (χ4v) is 3.38. The zero-order chi connectivity index (χ0) is 18.3. The van der Waals surface area contributed by atoms with Crippen molar-refractivity contribution in [2.24, 2.45) is 0 Å². The van der Waals surface area contributed by atoms with Gasteiger partial charge in [-0.05, 0) is 57.4 Å². The van der Waals surface area contributed by atoms with Crippen molar-refractivity contribution in [3.63, 3.8) is 0 Å². The van der Waals surface area contributed by atoms with E-state index in [-0.39, 0.29) is 5.91 Å². The summed E-state index contributed by atoms with van der Waals surface area (Å²) < 4.78 is 7.17. The zero-order valence-corrected chi connectivity index (χ0v) is 15.3. The molecule has 3 aromatic heterocycles. The SMILES string of the molecule is Cc1cc(-n2c(C)cc(C(=O)N(Cc3ccncc3)C3CC3)c2C)no1. The number of rotatable bonds is 5. The molecule has 3 heterocycles. The third kappa shape index (κ3) is 3.03. The van der Waals surface area contributed by atoms with E-state index in [4.69, 9.17) is 4.52 Å². The average Bonchev–Trinajstić information content (AvgIpc) is 3.32. The lowest BCUT2D eigenvalue weighted by Gasteiger charge is -2.22. The number of pyridine rings is 1. The highest BCUT2D eigenvalue weighted by molar-refractivity contribution is 5.96. The number of hydrogen-bond donors (Lipinski definition) is 0. The average molecular weight is 350 g/mol. The van der Waals surface area contributed by atoms with Crippen molar-refractivity contribution in [3.8, 4) is 5.82 Å². The Morgan fingerprint density at radius 2 is 1.96 bits per heavy atom. The first-order valence-electron chi connectivity index (χ1n) is 8.87. The molecule has 26 heavy (non-hydrogen) atoms. The zero-order valence-electron chi connectivity index (χ0n) is 15.3. The molecule has 1 aliphatic rings. The third-order valence-electron chi connectivity index (χ3n) is 4.86. The highest BCUT2D eigenvalue weighted by atomic mass is 16.5. The molecule has 0 radical (unpaired) electrons. The molecule has 3 aromatic rings. The van der Waals surface area contributed by atoms with E-state index in [2.05, 4.69) is 10.1 Å². The van der Waals surface area contributed by atoms with Crippen molar-refractivity contribution in [2.45, 2.75) is 46.2 Å². The second kappa shape index (κ2) is 6.44. The molecule has 4 rings (SSSR count). The number of carbonyl (C=O) groups excluding carboxylic acids is 1. The van der Waals surface area contributed by atoms with E-state index in [9.17, 15) is 4.79 Å². The van der Waals surface area contributed by atoms with Gasteiger partial charge in [0.2, 0.25) is 0 Å². The van der Waals surface area contributed by atoms with Crippen LogP contribution in [0.25, 0.3) is 5.82 Å². The van der Waals surface area contributed by atoms with Crippen LogP contribution in [0.3, 0.4) is 0 Å². The monoisotopic (exact) mass is 350 g/mol.